The first-order chi connectivity index (χ1) is 9.52. The SMILES string of the molecule is Cc1ccc(C=CC(=O)Nc2cc(C)cc(C)n2)cc1. The number of benzene rings is 1. The van der Waals surface area contributed by atoms with E-state index in [-0.39, 0.29) is 5.91 Å². The van der Waals surface area contributed by atoms with E-state index in [0.717, 1.165) is 16.8 Å². The van der Waals surface area contributed by atoms with Gasteiger partial charge in [-0.05, 0) is 50.1 Å². The minimum absolute atomic E-state index is 0.178. The topological polar surface area (TPSA) is 42.0 Å². The average molecular weight is 266 g/mol. The van der Waals surface area contributed by atoms with Crippen molar-refractivity contribution in [2.24, 2.45) is 0 Å². The summed E-state index contributed by atoms with van der Waals surface area (Å²) in [6, 6.07) is 11.8. The van der Waals surface area contributed by atoms with Crippen molar-refractivity contribution in [2.75, 3.05) is 5.32 Å². The number of anilines is 1. The van der Waals surface area contributed by atoms with Crippen LogP contribution in [0.3, 0.4) is 0 Å². The normalized spacial score (nSPS) is 10.8. The molecule has 0 saturated heterocycles. The van der Waals surface area contributed by atoms with E-state index >= 15 is 0 Å². The Morgan fingerprint density at radius 3 is 2.40 bits per heavy atom. The summed E-state index contributed by atoms with van der Waals surface area (Å²) in [5, 5.41) is 2.77. The molecule has 0 fully saturated rings. The highest BCUT2D eigenvalue weighted by Gasteiger charge is 2.01. The van der Waals surface area contributed by atoms with E-state index in [4.69, 9.17) is 0 Å². The molecule has 0 saturated carbocycles. The zero-order valence-corrected chi connectivity index (χ0v) is 12.0. The first-order valence-corrected chi connectivity index (χ1v) is 6.54. The smallest absolute Gasteiger partial charge is 0.249 e. The van der Waals surface area contributed by atoms with Crippen LogP contribution in [0.2, 0.25) is 0 Å². The molecule has 0 spiro atoms. The van der Waals surface area contributed by atoms with Crippen LogP contribution in [-0.2, 0) is 4.79 Å². The van der Waals surface area contributed by atoms with Gasteiger partial charge < -0.3 is 5.32 Å². The lowest BCUT2D eigenvalue weighted by Gasteiger charge is -2.04. The number of hydrogen-bond acceptors (Lipinski definition) is 2. The molecule has 1 aromatic carbocycles. The van der Waals surface area contributed by atoms with Crippen molar-refractivity contribution in [3.8, 4) is 0 Å². The second kappa shape index (κ2) is 6.15. The molecule has 0 atom stereocenters. The van der Waals surface area contributed by atoms with Gasteiger partial charge in [-0.3, -0.25) is 4.79 Å². The first-order valence-electron chi connectivity index (χ1n) is 6.54. The molecule has 2 aromatic rings. The van der Waals surface area contributed by atoms with E-state index in [1.54, 1.807) is 6.08 Å². The Balaban J connectivity index is 2.03. The molecule has 1 amide bonds. The van der Waals surface area contributed by atoms with Crippen LogP contribution in [0.4, 0.5) is 5.82 Å². The third-order valence-corrected chi connectivity index (χ3v) is 2.85. The van der Waals surface area contributed by atoms with Gasteiger partial charge in [-0.25, -0.2) is 4.98 Å². The lowest BCUT2D eigenvalue weighted by atomic mass is 10.1. The van der Waals surface area contributed by atoms with Gasteiger partial charge in [0.1, 0.15) is 5.82 Å². The number of carbonyl (C=O) groups is 1. The van der Waals surface area contributed by atoms with Crippen LogP contribution in [0.5, 0.6) is 0 Å². The number of aryl methyl sites for hydroxylation is 3. The summed E-state index contributed by atoms with van der Waals surface area (Å²) in [5.74, 6) is 0.407. The van der Waals surface area contributed by atoms with Gasteiger partial charge in [0.25, 0.3) is 0 Å². The summed E-state index contributed by atoms with van der Waals surface area (Å²) in [6.45, 7) is 5.92. The number of carbonyl (C=O) groups excluding carboxylic acids is 1. The van der Waals surface area contributed by atoms with E-state index in [0.29, 0.717) is 5.82 Å². The number of pyridine rings is 1. The lowest BCUT2D eigenvalue weighted by molar-refractivity contribution is -0.111. The Kier molecular flexibility index (Phi) is 4.31. The van der Waals surface area contributed by atoms with Crippen LogP contribution in [-0.4, -0.2) is 10.9 Å². The summed E-state index contributed by atoms with van der Waals surface area (Å²) in [7, 11) is 0. The molecule has 3 nitrogen and oxygen atoms in total. The number of hydrogen-bond donors (Lipinski definition) is 1. The third kappa shape index (κ3) is 4.05. The predicted molar refractivity (Wildman–Crippen MR) is 82.6 cm³/mol. The lowest BCUT2D eigenvalue weighted by Crippen LogP contribution is -2.09. The molecular formula is C17H18N2O. The van der Waals surface area contributed by atoms with Gasteiger partial charge >= 0.3 is 0 Å². The summed E-state index contributed by atoms with van der Waals surface area (Å²) in [5.41, 5.74) is 4.17. The molecule has 0 unspecified atom stereocenters. The molecule has 2 rings (SSSR count). The van der Waals surface area contributed by atoms with Crippen molar-refractivity contribution in [3.05, 3.63) is 64.9 Å². The van der Waals surface area contributed by atoms with Crippen LogP contribution >= 0.6 is 0 Å². The molecule has 0 aliphatic rings. The first kappa shape index (κ1) is 14.0. The van der Waals surface area contributed by atoms with Crippen LogP contribution in [0, 0.1) is 20.8 Å². The number of nitrogens with one attached hydrogen (secondary N) is 1. The Morgan fingerprint density at radius 1 is 1.05 bits per heavy atom. The molecule has 20 heavy (non-hydrogen) atoms. The average Bonchev–Trinajstić information content (AvgIpc) is 2.37. The number of amides is 1. The summed E-state index contributed by atoms with van der Waals surface area (Å²) < 4.78 is 0. The molecule has 0 aliphatic carbocycles. The minimum Gasteiger partial charge on any atom is -0.307 e. The predicted octanol–water partition coefficient (Wildman–Crippen LogP) is 3.66. The summed E-state index contributed by atoms with van der Waals surface area (Å²) in [4.78, 5) is 16.1. The van der Waals surface area contributed by atoms with E-state index in [1.807, 2.05) is 57.2 Å². The molecule has 0 radical (unpaired) electrons. The molecule has 3 heteroatoms. The highest BCUT2D eigenvalue weighted by molar-refractivity contribution is 6.01. The standard InChI is InChI=1S/C17H18N2O/c1-12-4-6-15(7-5-12)8-9-17(20)19-16-11-13(2)10-14(3)18-16/h4-11H,1-3H3,(H,18,19,20). The monoisotopic (exact) mass is 266 g/mol. The quantitative estimate of drug-likeness (QED) is 0.861. The van der Waals surface area contributed by atoms with Crippen LogP contribution in [0.25, 0.3) is 6.08 Å². The van der Waals surface area contributed by atoms with E-state index in [2.05, 4.69) is 10.3 Å². The Labute approximate surface area is 119 Å². The second-order valence-electron chi connectivity index (χ2n) is 4.90. The van der Waals surface area contributed by atoms with Gasteiger partial charge in [0.2, 0.25) is 5.91 Å². The van der Waals surface area contributed by atoms with Crippen molar-refractivity contribution in [1.29, 1.82) is 0 Å². The highest BCUT2D eigenvalue weighted by atomic mass is 16.1. The summed E-state index contributed by atoms with van der Waals surface area (Å²) in [6.07, 6.45) is 3.31. The van der Waals surface area contributed by atoms with Crippen LogP contribution < -0.4 is 5.32 Å². The molecule has 0 aliphatic heterocycles. The maximum absolute atomic E-state index is 11.8. The fourth-order valence-electron chi connectivity index (χ4n) is 1.92. The van der Waals surface area contributed by atoms with Gasteiger partial charge in [0.05, 0.1) is 0 Å². The van der Waals surface area contributed by atoms with Crippen molar-refractivity contribution in [2.45, 2.75) is 20.8 Å². The number of nitrogens with zero attached hydrogens (tertiary/aromatic N) is 1. The Hall–Kier alpha value is -2.42. The zero-order chi connectivity index (χ0) is 14.5. The maximum atomic E-state index is 11.8. The second-order valence-corrected chi connectivity index (χ2v) is 4.90. The van der Waals surface area contributed by atoms with Gasteiger partial charge in [-0.1, -0.05) is 29.8 Å². The van der Waals surface area contributed by atoms with Crippen molar-refractivity contribution < 1.29 is 4.79 Å². The van der Waals surface area contributed by atoms with Crippen molar-refractivity contribution in [3.63, 3.8) is 0 Å². The highest BCUT2D eigenvalue weighted by Crippen LogP contribution is 2.09. The molecular weight excluding hydrogens is 248 g/mol. The van der Waals surface area contributed by atoms with Gasteiger partial charge in [-0.2, -0.15) is 0 Å². The number of aromatic nitrogens is 1. The van der Waals surface area contributed by atoms with Crippen LogP contribution in [0.1, 0.15) is 22.4 Å². The maximum Gasteiger partial charge on any atom is 0.249 e. The minimum atomic E-state index is -0.178. The molecule has 1 N–H and O–H groups in total. The van der Waals surface area contributed by atoms with Gasteiger partial charge in [-0.15, -0.1) is 0 Å². The number of rotatable bonds is 3. The third-order valence-electron chi connectivity index (χ3n) is 2.85. The Morgan fingerprint density at radius 2 is 1.75 bits per heavy atom. The molecule has 102 valence electrons. The van der Waals surface area contributed by atoms with Crippen molar-refractivity contribution >= 4 is 17.8 Å². The largest absolute Gasteiger partial charge is 0.307 e. The fourth-order valence-corrected chi connectivity index (χ4v) is 1.92. The van der Waals surface area contributed by atoms with Crippen LogP contribution in [0.15, 0.2) is 42.5 Å². The van der Waals surface area contributed by atoms with Crippen molar-refractivity contribution in [1.82, 2.24) is 4.98 Å². The zero-order valence-electron chi connectivity index (χ0n) is 12.0. The molecule has 1 heterocycles. The summed E-state index contributed by atoms with van der Waals surface area (Å²) >= 11 is 0. The fraction of sp³-hybridized carbons (Fsp3) is 0.176. The van der Waals surface area contributed by atoms with Gasteiger partial charge in [0.15, 0.2) is 0 Å². The van der Waals surface area contributed by atoms with E-state index in [9.17, 15) is 4.79 Å². The Bertz CT molecular complexity index is 622. The van der Waals surface area contributed by atoms with Gasteiger partial charge in [0, 0.05) is 11.8 Å². The molecule has 0 bridgehead atoms. The van der Waals surface area contributed by atoms with E-state index < -0.39 is 0 Å². The molecule has 1 aromatic heterocycles. The van der Waals surface area contributed by atoms with E-state index in [1.165, 1.54) is 11.6 Å².